The first-order valence-electron chi connectivity index (χ1n) is 6.43. The van der Waals surface area contributed by atoms with E-state index in [2.05, 4.69) is 0 Å². The molecule has 0 aromatic heterocycles. The van der Waals surface area contributed by atoms with Crippen LogP contribution in [0.5, 0.6) is 0 Å². The van der Waals surface area contributed by atoms with Crippen LogP contribution >= 0.6 is 18.2 Å². The molecule has 1 heterocycles. The maximum atomic E-state index is 12.1. The normalized spacial score (nSPS) is 30.1. The van der Waals surface area contributed by atoms with E-state index in [0.29, 0.717) is 6.42 Å². The standard InChI is InChI=1S/C15H15O3PS/c16-19(17)18-14(12-7-3-1-4-8-12)11-15(20-19)13-9-5-2-6-10-13/h1-10,14-15H,11H2,(H,16,17)/t14-,15-/m1/s1. The summed E-state index contributed by atoms with van der Waals surface area (Å²) in [5.41, 5.74) is 2.01. The van der Waals surface area contributed by atoms with Gasteiger partial charge in [0, 0.05) is 5.25 Å². The second-order valence-corrected chi connectivity index (χ2v) is 8.66. The molecule has 1 fully saturated rings. The monoisotopic (exact) mass is 306 g/mol. The van der Waals surface area contributed by atoms with Gasteiger partial charge in [-0.05, 0) is 28.9 Å². The molecule has 104 valence electrons. The molecule has 0 spiro atoms. The lowest BCUT2D eigenvalue weighted by atomic mass is 10.0. The van der Waals surface area contributed by atoms with Crippen LogP contribution in [0.1, 0.15) is 28.9 Å². The van der Waals surface area contributed by atoms with Gasteiger partial charge in [0.05, 0.1) is 6.10 Å². The van der Waals surface area contributed by atoms with Crippen LogP contribution < -0.4 is 0 Å². The summed E-state index contributed by atoms with van der Waals surface area (Å²) in [6.07, 6.45) is 0.363. The molecule has 2 aromatic rings. The summed E-state index contributed by atoms with van der Waals surface area (Å²) < 4.78 is 17.5. The molecule has 1 saturated heterocycles. The molecular weight excluding hydrogens is 291 g/mol. The van der Waals surface area contributed by atoms with Crippen LogP contribution in [0.4, 0.5) is 0 Å². The summed E-state index contributed by atoms with van der Waals surface area (Å²) in [7, 11) is 0. The van der Waals surface area contributed by atoms with E-state index in [0.717, 1.165) is 22.5 Å². The van der Waals surface area contributed by atoms with Gasteiger partial charge in [-0.1, -0.05) is 60.7 Å². The molecule has 2 aromatic carbocycles. The lowest BCUT2D eigenvalue weighted by Gasteiger charge is -2.32. The van der Waals surface area contributed by atoms with Crippen LogP contribution in [0.15, 0.2) is 60.7 Å². The van der Waals surface area contributed by atoms with Gasteiger partial charge in [0.15, 0.2) is 0 Å². The van der Waals surface area contributed by atoms with E-state index >= 15 is 0 Å². The second-order valence-electron chi connectivity index (χ2n) is 4.71. The Balaban J connectivity index is 1.89. The van der Waals surface area contributed by atoms with Crippen molar-refractivity contribution in [3.05, 3.63) is 71.8 Å². The van der Waals surface area contributed by atoms with Gasteiger partial charge in [-0.15, -0.1) is 0 Å². The van der Waals surface area contributed by atoms with Gasteiger partial charge >= 0.3 is 6.80 Å². The summed E-state index contributed by atoms with van der Waals surface area (Å²) in [6, 6.07) is 19.5. The Morgan fingerprint density at radius 2 is 1.55 bits per heavy atom. The molecule has 3 atom stereocenters. The van der Waals surface area contributed by atoms with Gasteiger partial charge in [-0.3, -0.25) is 4.52 Å². The molecule has 0 bridgehead atoms. The Kier molecular flexibility index (Phi) is 3.99. The maximum Gasteiger partial charge on any atom is 0.387 e. The molecule has 1 aliphatic heterocycles. The lowest BCUT2D eigenvalue weighted by Crippen LogP contribution is -2.12. The van der Waals surface area contributed by atoms with Crippen molar-refractivity contribution in [2.24, 2.45) is 0 Å². The largest absolute Gasteiger partial charge is 0.387 e. The Labute approximate surface area is 122 Å². The lowest BCUT2D eigenvalue weighted by molar-refractivity contribution is 0.171. The predicted octanol–water partition coefficient (Wildman–Crippen LogP) is 4.72. The third-order valence-corrected chi connectivity index (χ3v) is 6.62. The van der Waals surface area contributed by atoms with Crippen LogP contribution in [0.25, 0.3) is 0 Å². The van der Waals surface area contributed by atoms with Gasteiger partial charge < -0.3 is 4.89 Å². The van der Waals surface area contributed by atoms with Crippen LogP contribution in [0.3, 0.4) is 0 Å². The van der Waals surface area contributed by atoms with Gasteiger partial charge in [-0.2, -0.15) is 0 Å². The zero-order chi connectivity index (χ0) is 14.0. The van der Waals surface area contributed by atoms with Crippen molar-refractivity contribution in [3.8, 4) is 0 Å². The van der Waals surface area contributed by atoms with Crippen molar-refractivity contribution in [2.45, 2.75) is 17.8 Å². The number of benzene rings is 2. The number of rotatable bonds is 2. The summed E-state index contributed by atoms with van der Waals surface area (Å²) in [6.45, 7) is -3.61. The molecule has 20 heavy (non-hydrogen) atoms. The first-order chi connectivity index (χ1) is 9.64. The van der Waals surface area contributed by atoms with Gasteiger partial charge in [-0.25, -0.2) is 4.57 Å². The first kappa shape index (κ1) is 13.9. The molecule has 5 heteroatoms. The van der Waals surface area contributed by atoms with Crippen molar-refractivity contribution in [1.82, 2.24) is 0 Å². The average Bonchev–Trinajstić information content (AvgIpc) is 2.47. The minimum atomic E-state index is -3.61. The van der Waals surface area contributed by atoms with Crippen molar-refractivity contribution >= 4 is 18.2 Å². The van der Waals surface area contributed by atoms with Crippen molar-refractivity contribution in [2.75, 3.05) is 0 Å². The highest BCUT2D eigenvalue weighted by molar-refractivity contribution is 8.55. The van der Waals surface area contributed by atoms with E-state index in [-0.39, 0.29) is 11.4 Å². The molecule has 1 unspecified atom stereocenters. The summed E-state index contributed by atoms with van der Waals surface area (Å²) in [4.78, 5) is 9.93. The minimum absolute atomic E-state index is 0.0222. The highest BCUT2D eigenvalue weighted by Crippen LogP contribution is 2.69. The Bertz CT molecular complexity index is 566. The summed E-state index contributed by atoms with van der Waals surface area (Å²) in [5, 5.41) is -0.0222. The zero-order valence-corrected chi connectivity index (χ0v) is 12.5. The second kappa shape index (κ2) is 5.74. The van der Waals surface area contributed by atoms with Crippen LogP contribution in [0, 0.1) is 0 Å². The molecule has 0 saturated carbocycles. The van der Waals surface area contributed by atoms with Crippen LogP contribution in [0.2, 0.25) is 0 Å². The highest BCUT2D eigenvalue weighted by Gasteiger charge is 2.38. The number of hydrogen-bond acceptors (Lipinski definition) is 3. The van der Waals surface area contributed by atoms with E-state index in [1.54, 1.807) is 0 Å². The maximum absolute atomic E-state index is 12.1. The quantitative estimate of drug-likeness (QED) is 0.815. The van der Waals surface area contributed by atoms with Gasteiger partial charge in [0.2, 0.25) is 0 Å². The fraction of sp³-hybridized carbons (Fsp3) is 0.200. The third kappa shape index (κ3) is 3.15. The van der Waals surface area contributed by atoms with E-state index in [1.807, 2.05) is 60.7 Å². The molecule has 0 amide bonds. The minimum Gasteiger partial charge on any atom is -0.316 e. The first-order valence-corrected chi connectivity index (χ1v) is 9.50. The Morgan fingerprint density at radius 1 is 1.00 bits per heavy atom. The van der Waals surface area contributed by atoms with Crippen LogP contribution in [-0.4, -0.2) is 4.89 Å². The zero-order valence-electron chi connectivity index (χ0n) is 10.8. The Morgan fingerprint density at radius 3 is 2.15 bits per heavy atom. The molecule has 3 rings (SSSR count). The molecule has 3 nitrogen and oxygen atoms in total. The fourth-order valence-electron chi connectivity index (χ4n) is 2.36. The Hall–Kier alpha value is -1.06. The topological polar surface area (TPSA) is 46.5 Å². The third-order valence-electron chi connectivity index (χ3n) is 3.29. The molecule has 1 N–H and O–H groups in total. The molecule has 0 radical (unpaired) electrons. The highest BCUT2D eigenvalue weighted by atomic mass is 32.7. The average molecular weight is 306 g/mol. The predicted molar refractivity (Wildman–Crippen MR) is 81.5 cm³/mol. The number of hydrogen-bond donors (Lipinski definition) is 1. The molecule has 0 aliphatic carbocycles. The van der Waals surface area contributed by atoms with Crippen molar-refractivity contribution in [1.29, 1.82) is 0 Å². The van der Waals surface area contributed by atoms with Crippen molar-refractivity contribution in [3.63, 3.8) is 0 Å². The smallest absolute Gasteiger partial charge is 0.316 e. The van der Waals surface area contributed by atoms with E-state index in [9.17, 15) is 9.46 Å². The summed E-state index contributed by atoms with van der Waals surface area (Å²) >= 11 is 1.03. The van der Waals surface area contributed by atoms with Crippen LogP contribution in [-0.2, 0) is 9.09 Å². The molecule has 1 aliphatic rings. The van der Waals surface area contributed by atoms with E-state index in [1.165, 1.54) is 0 Å². The van der Waals surface area contributed by atoms with Crippen molar-refractivity contribution < 1.29 is 14.0 Å². The van der Waals surface area contributed by atoms with E-state index in [4.69, 9.17) is 4.52 Å². The fourth-order valence-corrected chi connectivity index (χ4v) is 5.85. The molecular formula is C15H15O3PS. The van der Waals surface area contributed by atoms with E-state index < -0.39 is 6.80 Å². The SMILES string of the molecule is O=P1(O)O[C@@H](c2ccccc2)C[C@H](c2ccccc2)S1. The van der Waals surface area contributed by atoms with Gasteiger partial charge in [0.25, 0.3) is 0 Å². The van der Waals surface area contributed by atoms with Gasteiger partial charge in [0.1, 0.15) is 0 Å². The summed E-state index contributed by atoms with van der Waals surface area (Å²) in [5.74, 6) is 0.